The van der Waals surface area contributed by atoms with Crippen molar-refractivity contribution in [1.29, 1.82) is 0 Å². The van der Waals surface area contributed by atoms with Gasteiger partial charge in [-0.3, -0.25) is 0 Å². The zero-order valence-electron chi connectivity index (χ0n) is 11.2. The molecule has 0 radical (unpaired) electrons. The molecular weight excluding hydrogens is 292 g/mol. The first-order valence-electron chi connectivity index (χ1n) is 6.54. The third-order valence-corrected chi connectivity index (χ3v) is 5.36. The number of thioether (sulfide) groups is 2. The minimum atomic E-state index is 0.135. The fourth-order valence-electron chi connectivity index (χ4n) is 2.41. The zero-order valence-corrected chi connectivity index (χ0v) is 12.8. The molecule has 20 heavy (non-hydrogen) atoms. The highest BCUT2D eigenvalue weighted by molar-refractivity contribution is 8.07. The molecule has 0 aromatic carbocycles. The highest BCUT2D eigenvalue weighted by Crippen LogP contribution is 2.51. The third kappa shape index (κ3) is 1.80. The number of furan rings is 1. The average molecular weight is 306 g/mol. The molecule has 0 fully saturated rings. The quantitative estimate of drug-likeness (QED) is 0.866. The maximum atomic E-state index is 5.58. The second kappa shape index (κ2) is 4.60. The molecule has 2 aromatic rings. The number of rotatable bonds is 3. The monoisotopic (exact) mass is 306 g/mol. The van der Waals surface area contributed by atoms with Gasteiger partial charge < -0.3 is 4.42 Å². The first-order chi connectivity index (χ1) is 9.74. The molecule has 0 N–H and O–H groups in total. The van der Waals surface area contributed by atoms with Crippen LogP contribution in [0.25, 0.3) is 0 Å². The number of nitrogens with zero attached hydrogens (tertiary/aromatic N) is 4. The van der Waals surface area contributed by atoms with Crippen LogP contribution in [0.2, 0.25) is 0 Å². The Morgan fingerprint density at radius 2 is 2.30 bits per heavy atom. The van der Waals surface area contributed by atoms with Crippen molar-refractivity contribution in [2.75, 3.05) is 5.01 Å². The van der Waals surface area contributed by atoms with E-state index in [1.54, 1.807) is 29.8 Å². The molecule has 0 amide bonds. The molecule has 1 unspecified atom stereocenters. The second-order valence-electron chi connectivity index (χ2n) is 5.22. The van der Waals surface area contributed by atoms with E-state index < -0.39 is 0 Å². The maximum absolute atomic E-state index is 5.58. The van der Waals surface area contributed by atoms with E-state index in [0.29, 0.717) is 5.92 Å². The Morgan fingerprint density at radius 1 is 1.40 bits per heavy atom. The molecule has 7 heteroatoms. The summed E-state index contributed by atoms with van der Waals surface area (Å²) < 4.78 is 7.72. The summed E-state index contributed by atoms with van der Waals surface area (Å²) in [5.74, 6) is 2.53. The van der Waals surface area contributed by atoms with Crippen molar-refractivity contribution >= 4 is 23.5 Å². The molecule has 0 saturated heterocycles. The van der Waals surface area contributed by atoms with E-state index in [9.17, 15) is 0 Å². The van der Waals surface area contributed by atoms with E-state index in [4.69, 9.17) is 4.42 Å². The number of fused-ring (bicyclic) bond motifs is 3. The van der Waals surface area contributed by atoms with E-state index in [0.717, 1.165) is 23.2 Å². The lowest BCUT2D eigenvalue weighted by Crippen LogP contribution is -2.30. The smallest absolute Gasteiger partial charge is 0.216 e. The van der Waals surface area contributed by atoms with E-state index in [1.807, 2.05) is 12.1 Å². The number of aromatic nitrogens is 3. The molecule has 2 aromatic heterocycles. The second-order valence-corrected chi connectivity index (χ2v) is 7.16. The van der Waals surface area contributed by atoms with Gasteiger partial charge in [0.1, 0.15) is 10.8 Å². The van der Waals surface area contributed by atoms with Crippen molar-refractivity contribution in [3.05, 3.63) is 40.4 Å². The van der Waals surface area contributed by atoms with Crippen LogP contribution in [0.1, 0.15) is 30.8 Å². The molecule has 0 saturated carbocycles. The largest absolute Gasteiger partial charge is 0.466 e. The van der Waals surface area contributed by atoms with Crippen LogP contribution in [0, 0.1) is 5.92 Å². The van der Waals surface area contributed by atoms with Crippen molar-refractivity contribution < 1.29 is 4.42 Å². The summed E-state index contributed by atoms with van der Waals surface area (Å²) >= 11 is 3.43. The van der Waals surface area contributed by atoms with Gasteiger partial charge in [0.2, 0.25) is 5.16 Å². The van der Waals surface area contributed by atoms with Gasteiger partial charge in [0.25, 0.3) is 0 Å². The summed E-state index contributed by atoms with van der Waals surface area (Å²) in [6.45, 7) is 4.40. The van der Waals surface area contributed by atoms with E-state index in [2.05, 4.69) is 39.1 Å². The summed E-state index contributed by atoms with van der Waals surface area (Å²) in [7, 11) is 0. The van der Waals surface area contributed by atoms with Gasteiger partial charge in [-0.25, -0.2) is 9.69 Å². The van der Waals surface area contributed by atoms with Crippen LogP contribution in [0.4, 0.5) is 0 Å². The Bertz CT molecular complexity index is 662. The van der Waals surface area contributed by atoms with Crippen molar-refractivity contribution in [3.8, 4) is 0 Å². The van der Waals surface area contributed by atoms with E-state index in [1.165, 1.54) is 5.03 Å². The van der Waals surface area contributed by atoms with Gasteiger partial charge in [-0.15, -0.1) is 10.2 Å². The van der Waals surface area contributed by atoms with Crippen molar-refractivity contribution in [3.63, 3.8) is 0 Å². The minimum Gasteiger partial charge on any atom is -0.466 e. The van der Waals surface area contributed by atoms with Crippen molar-refractivity contribution in [2.24, 2.45) is 5.92 Å². The lowest BCUT2D eigenvalue weighted by molar-refractivity contribution is 0.472. The topological polar surface area (TPSA) is 47.1 Å². The molecule has 0 aliphatic carbocycles. The molecule has 2 aliphatic rings. The first-order valence-corrected chi connectivity index (χ1v) is 8.30. The van der Waals surface area contributed by atoms with Crippen LogP contribution in [-0.4, -0.2) is 14.9 Å². The van der Waals surface area contributed by atoms with Gasteiger partial charge in [-0.1, -0.05) is 25.6 Å². The predicted octanol–water partition coefficient (Wildman–Crippen LogP) is 3.36. The van der Waals surface area contributed by atoms with E-state index >= 15 is 0 Å². The minimum absolute atomic E-state index is 0.135. The Balaban J connectivity index is 1.74. The molecule has 0 bridgehead atoms. The fourth-order valence-corrected chi connectivity index (χ4v) is 4.60. The first kappa shape index (κ1) is 12.4. The number of hydrogen-bond donors (Lipinski definition) is 0. The lowest BCUT2D eigenvalue weighted by Gasteiger charge is -2.24. The Morgan fingerprint density at radius 3 is 3.05 bits per heavy atom. The molecule has 5 nitrogen and oxygen atoms in total. The summed E-state index contributed by atoms with van der Waals surface area (Å²) in [5.41, 5.74) is 0. The highest BCUT2D eigenvalue weighted by Gasteiger charge is 2.40. The SMILES string of the molecule is CC(C)Cc1nnc2n1N1C(=CSC1c1ccco1)S2. The molecular formula is C13H14N4OS2. The van der Waals surface area contributed by atoms with Crippen LogP contribution in [0.3, 0.4) is 0 Å². The van der Waals surface area contributed by atoms with Gasteiger partial charge in [0, 0.05) is 11.8 Å². The van der Waals surface area contributed by atoms with Crippen LogP contribution in [-0.2, 0) is 6.42 Å². The van der Waals surface area contributed by atoms with Gasteiger partial charge in [-0.05, 0) is 29.8 Å². The van der Waals surface area contributed by atoms with Crippen molar-refractivity contribution in [1.82, 2.24) is 14.9 Å². The van der Waals surface area contributed by atoms with E-state index in [-0.39, 0.29) is 5.37 Å². The van der Waals surface area contributed by atoms with Crippen LogP contribution >= 0.6 is 23.5 Å². The Labute approximate surface area is 125 Å². The number of hydrogen-bond acceptors (Lipinski definition) is 6. The molecule has 104 valence electrons. The molecule has 0 spiro atoms. The average Bonchev–Trinajstić information content (AvgIpc) is 3.09. The zero-order chi connectivity index (χ0) is 13.7. The molecule has 1 atom stereocenters. The van der Waals surface area contributed by atoms with Crippen LogP contribution in [0.15, 0.2) is 38.4 Å². The van der Waals surface area contributed by atoms with Gasteiger partial charge in [-0.2, -0.15) is 0 Å². The summed E-state index contributed by atoms with van der Waals surface area (Å²) in [6.07, 6.45) is 2.64. The molecule has 2 aliphatic heterocycles. The fraction of sp³-hybridized carbons (Fsp3) is 0.385. The maximum Gasteiger partial charge on any atom is 0.216 e. The standard InChI is InChI=1S/C13H14N4OS2/c1-8(2)6-10-14-15-13-16(10)17-11(20-13)7-19-12(17)9-4-3-5-18-9/h3-5,7-8,12H,6H2,1-2H3. The van der Waals surface area contributed by atoms with Gasteiger partial charge in [0.05, 0.1) is 6.26 Å². The lowest BCUT2D eigenvalue weighted by atomic mass is 10.1. The van der Waals surface area contributed by atoms with Gasteiger partial charge >= 0.3 is 0 Å². The summed E-state index contributed by atoms with van der Waals surface area (Å²) in [6, 6.07) is 3.95. The van der Waals surface area contributed by atoms with Crippen LogP contribution in [0.5, 0.6) is 0 Å². The van der Waals surface area contributed by atoms with Gasteiger partial charge in [0.15, 0.2) is 11.2 Å². The highest BCUT2D eigenvalue weighted by atomic mass is 32.2. The summed E-state index contributed by atoms with van der Waals surface area (Å²) in [4.78, 5) is 0. The predicted molar refractivity (Wildman–Crippen MR) is 79.8 cm³/mol. The normalized spacial score (nSPS) is 20.4. The Hall–Kier alpha value is -1.34. The molecule has 4 heterocycles. The molecule has 4 rings (SSSR count). The Kier molecular flexibility index (Phi) is 2.85. The van der Waals surface area contributed by atoms with Crippen molar-refractivity contribution in [2.45, 2.75) is 30.8 Å². The third-order valence-electron chi connectivity index (χ3n) is 3.21. The van der Waals surface area contributed by atoms with Crippen LogP contribution < -0.4 is 5.01 Å². The summed E-state index contributed by atoms with van der Waals surface area (Å²) in [5, 5.41) is 15.3.